The van der Waals surface area contributed by atoms with Crippen LogP contribution in [0, 0.1) is 0 Å². The summed E-state index contributed by atoms with van der Waals surface area (Å²) in [5.41, 5.74) is 4.21. The summed E-state index contributed by atoms with van der Waals surface area (Å²) in [4.78, 5) is 0. The molecule has 0 aliphatic carbocycles. The van der Waals surface area contributed by atoms with Crippen LogP contribution in [-0.2, 0) is 11.2 Å². The van der Waals surface area contributed by atoms with Gasteiger partial charge in [0.1, 0.15) is 0 Å². The van der Waals surface area contributed by atoms with E-state index in [0.717, 1.165) is 26.1 Å². The van der Waals surface area contributed by atoms with Crippen LogP contribution in [-0.4, -0.2) is 19.7 Å². The Morgan fingerprint density at radius 3 is 2.82 bits per heavy atom. The SMILES string of the molecule is CCc1ccc(C(C)C)cc1C1CNCCO1. The molecule has 0 spiro atoms. The molecule has 2 nitrogen and oxygen atoms in total. The van der Waals surface area contributed by atoms with E-state index in [0.29, 0.717) is 5.92 Å². The molecule has 0 aromatic heterocycles. The molecule has 1 unspecified atom stereocenters. The molecule has 1 saturated heterocycles. The number of aryl methyl sites for hydroxylation is 1. The smallest absolute Gasteiger partial charge is 0.0952 e. The van der Waals surface area contributed by atoms with Crippen LogP contribution in [0.3, 0.4) is 0 Å². The van der Waals surface area contributed by atoms with Crippen molar-refractivity contribution in [3.63, 3.8) is 0 Å². The number of hydrogen-bond acceptors (Lipinski definition) is 2. The maximum atomic E-state index is 5.88. The zero-order valence-electron chi connectivity index (χ0n) is 11.1. The highest BCUT2D eigenvalue weighted by Gasteiger charge is 2.19. The Balaban J connectivity index is 2.30. The Bertz CT molecular complexity index is 367. The van der Waals surface area contributed by atoms with Crippen LogP contribution in [0.1, 0.15) is 49.5 Å². The van der Waals surface area contributed by atoms with Crippen LogP contribution in [0.25, 0.3) is 0 Å². The minimum Gasteiger partial charge on any atom is -0.371 e. The Kier molecular flexibility index (Phi) is 4.19. The molecule has 1 heterocycles. The molecular weight excluding hydrogens is 210 g/mol. The Labute approximate surface area is 104 Å². The maximum absolute atomic E-state index is 5.88. The van der Waals surface area contributed by atoms with Crippen molar-refractivity contribution in [2.24, 2.45) is 0 Å². The average Bonchev–Trinajstić information content (AvgIpc) is 2.39. The van der Waals surface area contributed by atoms with Gasteiger partial charge in [-0.25, -0.2) is 0 Å². The lowest BCUT2D eigenvalue weighted by atomic mass is 9.93. The van der Waals surface area contributed by atoms with Crippen molar-refractivity contribution < 1.29 is 4.74 Å². The number of benzene rings is 1. The highest BCUT2D eigenvalue weighted by molar-refractivity contribution is 5.35. The van der Waals surface area contributed by atoms with Crippen molar-refractivity contribution in [1.29, 1.82) is 0 Å². The first-order valence-electron chi connectivity index (χ1n) is 6.67. The fourth-order valence-electron chi connectivity index (χ4n) is 2.36. The Hall–Kier alpha value is -0.860. The molecule has 1 fully saturated rings. The molecule has 0 radical (unpaired) electrons. The second-order valence-electron chi connectivity index (χ2n) is 5.03. The molecule has 1 N–H and O–H groups in total. The molecule has 2 rings (SSSR count). The lowest BCUT2D eigenvalue weighted by molar-refractivity contribution is 0.0271. The summed E-state index contributed by atoms with van der Waals surface area (Å²) in [6.07, 6.45) is 1.31. The normalized spacial score (nSPS) is 20.8. The van der Waals surface area contributed by atoms with Crippen molar-refractivity contribution in [3.05, 3.63) is 34.9 Å². The van der Waals surface area contributed by atoms with Gasteiger partial charge in [-0.3, -0.25) is 0 Å². The minimum absolute atomic E-state index is 0.234. The summed E-state index contributed by atoms with van der Waals surface area (Å²) in [6, 6.07) is 6.85. The predicted molar refractivity (Wildman–Crippen MR) is 71.5 cm³/mol. The molecule has 0 amide bonds. The van der Waals surface area contributed by atoms with Gasteiger partial charge in [0.05, 0.1) is 12.7 Å². The van der Waals surface area contributed by atoms with E-state index < -0.39 is 0 Å². The first-order chi connectivity index (χ1) is 8.22. The molecule has 1 aliphatic heterocycles. The zero-order valence-corrected chi connectivity index (χ0v) is 11.1. The standard InChI is InChI=1S/C15H23NO/c1-4-12-5-6-13(11(2)3)9-14(12)15-10-16-7-8-17-15/h5-6,9,11,15-16H,4,7-8,10H2,1-3H3. The van der Waals surface area contributed by atoms with Crippen LogP contribution in [0.2, 0.25) is 0 Å². The van der Waals surface area contributed by atoms with Crippen LogP contribution in [0.15, 0.2) is 18.2 Å². The minimum atomic E-state index is 0.234. The summed E-state index contributed by atoms with van der Waals surface area (Å²) in [5, 5.41) is 3.41. The molecule has 17 heavy (non-hydrogen) atoms. The van der Waals surface area contributed by atoms with Crippen LogP contribution >= 0.6 is 0 Å². The first kappa shape index (κ1) is 12.6. The summed E-state index contributed by atoms with van der Waals surface area (Å²) in [7, 11) is 0. The number of rotatable bonds is 3. The molecule has 1 aliphatic rings. The van der Waals surface area contributed by atoms with Crippen LogP contribution in [0.4, 0.5) is 0 Å². The predicted octanol–water partition coefficient (Wildman–Crippen LogP) is 3.03. The van der Waals surface area contributed by atoms with Crippen LogP contribution in [0.5, 0.6) is 0 Å². The van der Waals surface area contributed by atoms with Gasteiger partial charge < -0.3 is 10.1 Å². The monoisotopic (exact) mass is 233 g/mol. The third kappa shape index (κ3) is 2.88. The first-order valence-corrected chi connectivity index (χ1v) is 6.67. The van der Waals surface area contributed by atoms with Crippen molar-refractivity contribution >= 4 is 0 Å². The lowest BCUT2D eigenvalue weighted by Gasteiger charge is -2.26. The average molecular weight is 233 g/mol. The van der Waals surface area contributed by atoms with Crippen molar-refractivity contribution in [2.75, 3.05) is 19.7 Å². The van der Waals surface area contributed by atoms with E-state index in [1.54, 1.807) is 0 Å². The molecule has 0 bridgehead atoms. The van der Waals surface area contributed by atoms with Gasteiger partial charge in [-0.2, -0.15) is 0 Å². The van der Waals surface area contributed by atoms with E-state index in [1.807, 2.05) is 0 Å². The van der Waals surface area contributed by atoms with E-state index in [4.69, 9.17) is 4.74 Å². The second-order valence-corrected chi connectivity index (χ2v) is 5.03. The third-order valence-corrected chi connectivity index (χ3v) is 3.49. The lowest BCUT2D eigenvalue weighted by Crippen LogP contribution is -2.33. The van der Waals surface area contributed by atoms with Crippen molar-refractivity contribution in [3.8, 4) is 0 Å². The van der Waals surface area contributed by atoms with Gasteiger partial charge in [0.2, 0.25) is 0 Å². The van der Waals surface area contributed by atoms with E-state index in [1.165, 1.54) is 16.7 Å². The number of morpholine rings is 1. The largest absolute Gasteiger partial charge is 0.371 e. The number of hydrogen-bond donors (Lipinski definition) is 1. The van der Waals surface area contributed by atoms with E-state index >= 15 is 0 Å². The van der Waals surface area contributed by atoms with Gasteiger partial charge in [0, 0.05) is 13.1 Å². The zero-order chi connectivity index (χ0) is 12.3. The molecule has 0 saturated carbocycles. The topological polar surface area (TPSA) is 21.3 Å². The molecule has 1 aromatic carbocycles. The summed E-state index contributed by atoms with van der Waals surface area (Å²) in [5.74, 6) is 0.580. The quantitative estimate of drug-likeness (QED) is 0.866. The van der Waals surface area contributed by atoms with Gasteiger partial charge in [-0.15, -0.1) is 0 Å². The van der Waals surface area contributed by atoms with Gasteiger partial charge in [-0.1, -0.05) is 39.0 Å². The molecule has 1 aromatic rings. The van der Waals surface area contributed by atoms with E-state index in [2.05, 4.69) is 44.3 Å². The van der Waals surface area contributed by atoms with E-state index in [-0.39, 0.29) is 6.10 Å². The van der Waals surface area contributed by atoms with E-state index in [9.17, 15) is 0 Å². The second kappa shape index (κ2) is 5.65. The summed E-state index contributed by atoms with van der Waals surface area (Å²) in [6.45, 7) is 9.43. The Morgan fingerprint density at radius 2 is 2.24 bits per heavy atom. The Morgan fingerprint density at radius 1 is 1.41 bits per heavy atom. The molecule has 2 heteroatoms. The van der Waals surface area contributed by atoms with Crippen molar-refractivity contribution in [2.45, 2.75) is 39.2 Å². The van der Waals surface area contributed by atoms with Gasteiger partial charge in [0.15, 0.2) is 0 Å². The van der Waals surface area contributed by atoms with Crippen molar-refractivity contribution in [1.82, 2.24) is 5.32 Å². The van der Waals surface area contributed by atoms with Gasteiger partial charge >= 0.3 is 0 Å². The highest BCUT2D eigenvalue weighted by Crippen LogP contribution is 2.27. The number of ether oxygens (including phenoxy) is 1. The highest BCUT2D eigenvalue weighted by atomic mass is 16.5. The third-order valence-electron chi connectivity index (χ3n) is 3.49. The van der Waals surface area contributed by atoms with Gasteiger partial charge in [0.25, 0.3) is 0 Å². The summed E-state index contributed by atoms with van der Waals surface area (Å²) >= 11 is 0. The fourth-order valence-corrected chi connectivity index (χ4v) is 2.36. The van der Waals surface area contributed by atoms with Crippen LogP contribution < -0.4 is 5.32 Å². The maximum Gasteiger partial charge on any atom is 0.0952 e. The van der Waals surface area contributed by atoms with Gasteiger partial charge in [-0.05, 0) is 29.0 Å². The summed E-state index contributed by atoms with van der Waals surface area (Å²) < 4.78 is 5.88. The molecule has 94 valence electrons. The molecule has 1 atom stereocenters. The number of nitrogens with one attached hydrogen (secondary N) is 1. The molecular formula is C15H23NO. The fraction of sp³-hybridized carbons (Fsp3) is 0.600.